The molecule has 2 aromatic rings. The molecule has 7 heteroatoms. The Morgan fingerprint density at radius 2 is 2.32 bits per heavy atom. The number of aromatic amines is 1. The van der Waals surface area contributed by atoms with Crippen LogP contribution in [-0.2, 0) is 4.79 Å². The van der Waals surface area contributed by atoms with E-state index in [-0.39, 0.29) is 22.9 Å². The van der Waals surface area contributed by atoms with Crippen LogP contribution in [0.3, 0.4) is 0 Å². The predicted octanol–water partition coefficient (Wildman–Crippen LogP) is 2.30. The Morgan fingerprint density at radius 3 is 3.11 bits per heavy atom. The Hall–Kier alpha value is -1.95. The summed E-state index contributed by atoms with van der Waals surface area (Å²) >= 11 is 5.99. The quantitative estimate of drug-likeness (QED) is 0.652. The predicted molar refractivity (Wildman–Crippen MR) is 71.8 cm³/mol. The minimum absolute atomic E-state index is 0.0257. The van der Waals surface area contributed by atoms with Crippen molar-refractivity contribution in [3.8, 4) is 0 Å². The van der Waals surface area contributed by atoms with Crippen LogP contribution in [0, 0.1) is 5.92 Å². The Kier molecular flexibility index (Phi) is 3.16. The van der Waals surface area contributed by atoms with Crippen molar-refractivity contribution >= 4 is 34.6 Å². The largest absolute Gasteiger partial charge is 0.341 e. The molecule has 2 N–H and O–H groups in total. The SMILES string of the molecule is O=C(Nc1nc(Cl)c2[nH]cnc2n1)C1CC=CCC1. The number of hydrogen-bond acceptors (Lipinski definition) is 4. The van der Waals surface area contributed by atoms with Crippen LogP contribution in [0.1, 0.15) is 19.3 Å². The average molecular weight is 278 g/mol. The fourth-order valence-corrected chi connectivity index (χ4v) is 2.32. The highest BCUT2D eigenvalue weighted by Crippen LogP contribution is 2.21. The summed E-state index contributed by atoms with van der Waals surface area (Å²) in [4.78, 5) is 27.1. The molecule has 19 heavy (non-hydrogen) atoms. The number of H-pyrrole nitrogens is 1. The second kappa shape index (κ2) is 4.97. The van der Waals surface area contributed by atoms with Crippen LogP contribution in [-0.4, -0.2) is 25.8 Å². The van der Waals surface area contributed by atoms with Crippen LogP contribution in [0.15, 0.2) is 18.5 Å². The van der Waals surface area contributed by atoms with Crippen molar-refractivity contribution in [2.45, 2.75) is 19.3 Å². The Bertz CT molecular complexity index is 651. The van der Waals surface area contributed by atoms with Gasteiger partial charge in [0.15, 0.2) is 10.8 Å². The molecule has 0 saturated carbocycles. The van der Waals surface area contributed by atoms with Crippen LogP contribution < -0.4 is 5.32 Å². The molecule has 1 amide bonds. The van der Waals surface area contributed by atoms with Crippen molar-refractivity contribution in [3.05, 3.63) is 23.6 Å². The van der Waals surface area contributed by atoms with Gasteiger partial charge >= 0.3 is 0 Å². The van der Waals surface area contributed by atoms with Crippen molar-refractivity contribution in [2.75, 3.05) is 5.32 Å². The van der Waals surface area contributed by atoms with Crippen LogP contribution in [0.4, 0.5) is 5.95 Å². The summed E-state index contributed by atoms with van der Waals surface area (Å²) < 4.78 is 0. The van der Waals surface area contributed by atoms with Crippen LogP contribution >= 0.6 is 11.6 Å². The lowest BCUT2D eigenvalue weighted by Gasteiger charge is -2.16. The zero-order valence-corrected chi connectivity index (χ0v) is 10.8. The molecule has 1 aliphatic carbocycles. The fourth-order valence-electron chi connectivity index (χ4n) is 2.10. The van der Waals surface area contributed by atoms with Gasteiger partial charge in [-0.2, -0.15) is 9.97 Å². The summed E-state index contributed by atoms with van der Waals surface area (Å²) in [6.45, 7) is 0. The van der Waals surface area contributed by atoms with Gasteiger partial charge in [-0.1, -0.05) is 23.8 Å². The minimum Gasteiger partial charge on any atom is -0.341 e. The number of halogens is 1. The molecular weight excluding hydrogens is 266 g/mol. The second-order valence-corrected chi connectivity index (χ2v) is 4.77. The van der Waals surface area contributed by atoms with Gasteiger partial charge in [0.25, 0.3) is 0 Å². The molecule has 0 saturated heterocycles. The highest BCUT2D eigenvalue weighted by atomic mass is 35.5. The number of rotatable bonds is 2. The number of carbonyl (C=O) groups excluding carboxylic acids is 1. The normalized spacial score (nSPS) is 18.7. The summed E-state index contributed by atoms with van der Waals surface area (Å²) in [5.74, 6) is 0.0988. The number of aromatic nitrogens is 4. The van der Waals surface area contributed by atoms with Crippen LogP contribution in [0.2, 0.25) is 5.15 Å². The van der Waals surface area contributed by atoms with E-state index in [0.717, 1.165) is 19.3 Å². The minimum atomic E-state index is -0.0738. The molecule has 6 nitrogen and oxygen atoms in total. The van der Waals surface area contributed by atoms with Gasteiger partial charge in [-0.15, -0.1) is 0 Å². The van der Waals surface area contributed by atoms with Gasteiger partial charge in [-0.25, -0.2) is 4.98 Å². The summed E-state index contributed by atoms with van der Waals surface area (Å²) in [6.07, 6.45) is 8.14. The third-order valence-corrected chi connectivity index (χ3v) is 3.39. The highest BCUT2D eigenvalue weighted by molar-refractivity contribution is 6.33. The third kappa shape index (κ3) is 2.44. The van der Waals surface area contributed by atoms with Crippen molar-refractivity contribution in [1.29, 1.82) is 0 Å². The standard InChI is InChI=1S/C12H12ClN5O/c13-9-8-10(15-6-14-8)17-12(16-9)18-11(19)7-4-2-1-3-5-7/h1-2,6-7H,3-5H2,(H2,14,15,16,17,18,19). The van der Waals surface area contributed by atoms with Crippen molar-refractivity contribution in [2.24, 2.45) is 5.92 Å². The summed E-state index contributed by atoms with van der Waals surface area (Å²) in [7, 11) is 0. The van der Waals surface area contributed by atoms with Crippen molar-refractivity contribution in [1.82, 2.24) is 19.9 Å². The number of nitrogens with one attached hydrogen (secondary N) is 2. The average Bonchev–Trinajstić information content (AvgIpc) is 2.88. The van der Waals surface area contributed by atoms with Crippen molar-refractivity contribution < 1.29 is 4.79 Å². The third-order valence-electron chi connectivity index (χ3n) is 3.12. The van der Waals surface area contributed by atoms with E-state index in [0.29, 0.717) is 11.2 Å². The van der Waals surface area contributed by atoms with Gasteiger partial charge in [0.1, 0.15) is 5.52 Å². The summed E-state index contributed by atoms with van der Waals surface area (Å²) in [5, 5.41) is 2.95. The summed E-state index contributed by atoms with van der Waals surface area (Å²) in [5.41, 5.74) is 1.01. The van der Waals surface area contributed by atoms with E-state index in [2.05, 4.69) is 31.3 Å². The molecule has 2 aromatic heterocycles. The number of allylic oxidation sites excluding steroid dienone is 2. The summed E-state index contributed by atoms with van der Waals surface area (Å²) in [6, 6.07) is 0. The topological polar surface area (TPSA) is 83.6 Å². The molecule has 1 atom stereocenters. The van der Waals surface area contributed by atoms with Crippen LogP contribution in [0.25, 0.3) is 11.2 Å². The number of hydrogen-bond donors (Lipinski definition) is 2. The lowest BCUT2D eigenvalue weighted by atomic mass is 9.94. The Morgan fingerprint density at radius 1 is 1.42 bits per heavy atom. The molecule has 3 rings (SSSR count). The van der Waals surface area contributed by atoms with Crippen molar-refractivity contribution in [3.63, 3.8) is 0 Å². The molecule has 0 fully saturated rings. The maximum atomic E-state index is 12.1. The molecule has 0 bridgehead atoms. The molecule has 0 radical (unpaired) electrons. The lowest BCUT2D eigenvalue weighted by Crippen LogP contribution is -2.24. The van der Waals surface area contributed by atoms with E-state index in [1.807, 2.05) is 6.08 Å². The Balaban J connectivity index is 1.80. The lowest BCUT2D eigenvalue weighted by molar-refractivity contribution is -0.120. The molecule has 0 aromatic carbocycles. The first-order chi connectivity index (χ1) is 9.24. The van der Waals surface area contributed by atoms with Gasteiger partial charge in [0.2, 0.25) is 11.9 Å². The van der Waals surface area contributed by atoms with Gasteiger partial charge in [-0.3, -0.25) is 10.1 Å². The van der Waals surface area contributed by atoms with Gasteiger partial charge in [0, 0.05) is 5.92 Å². The number of anilines is 1. The number of carbonyl (C=O) groups is 1. The molecule has 2 heterocycles. The molecular formula is C12H12ClN5O. The molecule has 98 valence electrons. The van der Waals surface area contributed by atoms with Gasteiger partial charge in [-0.05, 0) is 19.3 Å². The van der Waals surface area contributed by atoms with E-state index >= 15 is 0 Å². The van der Waals surface area contributed by atoms with E-state index in [4.69, 9.17) is 11.6 Å². The molecule has 0 spiro atoms. The first kappa shape index (κ1) is 12.1. The Labute approximate surface area is 114 Å². The highest BCUT2D eigenvalue weighted by Gasteiger charge is 2.20. The second-order valence-electron chi connectivity index (χ2n) is 4.41. The molecule has 1 unspecified atom stereocenters. The fraction of sp³-hybridized carbons (Fsp3) is 0.333. The van der Waals surface area contributed by atoms with Gasteiger partial charge < -0.3 is 4.98 Å². The number of imidazole rings is 1. The maximum absolute atomic E-state index is 12.1. The first-order valence-corrected chi connectivity index (χ1v) is 6.44. The van der Waals surface area contributed by atoms with E-state index in [9.17, 15) is 4.79 Å². The zero-order valence-electron chi connectivity index (χ0n) is 10.1. The number of amides is 1. The first-order valence-electron chi connectivity index (χ1n) is 6.06. The van der Waals surface area contributed by atoms with Gasteiger partial charge in [0.05, 0.1) is 6.33 Å². The smallest absolute Gasteiger partial charge is 0.233 e. The maximum Gasteiger partial charge on any atom is 0.233 e. The van der Waals surface area contributed by atoms with E-state index in [1.165, 1.54) is 6.33 Å². The van der Waals surface area contributed by atoms with Crippen LogP contribution in [0.5, 0.6) is 0 Å². The molecule has 0 aliphatic heterocycles. The number of nitrogens with zero attached hydrogens (tertiary/aromatic N) is 3. The number of fused-ring (bicyclic) bond motifs is 1. The van der Waals surface area contributed by atoms with E-state index in [1.54, 1.807) is 0 Å². The monoisotopic (exact) mass is 277 g/mol. The zero-order chi connectivity index (χ0) is 13.2. The van der Waals surface area contributed by atoms with E-state index < -0.39 is 0 Å². The molecule has 1 aliphatic rings.